The molecular formula is C18H19F3N4O2. The van der Waals surface area contributed by atoms with Crippen LogP contribution in [0.3, 0.4) is 0 Å². The number of nitrogens with one attached hydrogen (secondary N) is 2. The Morgan fingerprint density at radius 1 is 1.07 bits per heavy atom. The second kappa shape index (κ2) is 8.24. The van der Waals surface area contributed by atoms with Crippen LogP contribution in [0.15, 0.2) is 42.7 Å². The van der Waals surface area contributed by atoms with Gasteiger partial charge in [-0.05, 0) is 49.9 Å². The van der Waals surface area contributed by atoms with Crippen molar-refractivity contribution in [2.45, 2.75) is 44.0 Å². The second-order valence-corrected chi connectivity index (χ2v) is 6.30. The van der Waals surface area contributed by atoms with E-state index in [2.05, 4.69) is 20.6 Å². The first-order valence-corrected chi connectivity index (χ1v) is 8.58. The topological polar surface area (TPSA) is 76.1 Å². The number of anilines is 1. The number of alkyl halides is 3. The SMILES string of the molecule is O=C(Nc1cccc(C(F)(F)F)c1)NC1CCC(Oc2ncccn2)CC1. The molecule has 1 aromatic carbocycles. The summed E-state index contributed by atoms with van der Waals surface area (Å²) in [6.07, 6.45) is 1.61. The number of rotatable bonds is 4. The predicted octanol–water partition coefficient (Wildman–Crippen LogP) is 4.01. The van der Waals surface area contributed by atoms with Gasteiger partial charge in [-0.3, -0.25) is 0 Å². The van der Waals surface area contributed by atoms with Crippen molar-refractivity contribution in [2.24, 2.45) is 0 Å². The number of ether oxygens (including phenoxy) is 1. The molecule has 2 amide bonds. The summed E-state index contributed by atoms with van der Waals surface area (Å²) in [4.78, 5) is 20.1. The second-order valence-electron chi connectivity index (χ2n) is 6.30. The van der Waals surface area contributed by atoms with Crippen molar-refractivity contribution in [1.29, 1.82) is 0 Å². The molecule has 1 aliphatic carbocycles. The highest BCUT2D eigenvalue weighted by Gasteiger charge is 2.30. The predicted molar refractivity (Wildman–Crippen MR) is 92.3 cm³/mol. The van der Waals surface area contributed by atoms with E-state index in [0.717, 1.165) is 25.0 Å². The van der Waals surface area contributed by atoms with Crippen LogP contribution in [0.1, 0.15) is 31.2 Å². The van der Waals surface area contributed by atoms with Gasteiger partial charge in [-0.15, -0.1) is 0 Å². The summed E-state index contributed by atoms with van der Waals surface area (Å²) in [7, 11) is 0. The standard InChI is InChI=1S/C18H19F3N4O2/c19-18(20,21)12-3-1-4-14(11-12)25-16(26)24-13-5-7-15(8-6-13)27-17-22-9-2-10-23-17/h1-4,9-11,13,15H,5-8H2,(H2,24,25,26). The molecule has 2 aromatic rings. The molecule has 0 unspecified atom stereocenters. The van der Waals surface area contributed by atoms with Gasteiger partial charge in [0, 0.05) is 24.1 Å². The lowest BCUT2D eigenvalue weighted by Crippen LogP contribution is -2.41. The Labute approximate surface area is 154 Å². The van der Waals surface area contributed by atoms with E-state index in [1.165, 1.54) is 12.1 Å². The fourth-order valence-corrected chi connectivity index (χ4v) is 2.95. The minimum absolute atomic E-state index is 0.0167. The summed E-state index contributed by atoms with van der Waals surface area (Å²) in [5.74, 6) is 0. The van der Waals surface area contributed by atoms with Gasteiger partial charge in [0.25, 0.3) is 0 Å². The highest BCUT2D eigenvalue weighted by molar-refractivity contribution is 5.89. The Morgan fingerprint density at radius 2 is 1.78 bits per heavy atom. The number of nitrogens with zero attached hydrogens (tertiary/aromatic N) is 2. The van der Waals surface area contributed by atoms with Gasteiger partial charge in [-0.25, -0.2) is 14.8 Å². The zero-order valence-corrected chi connectivity index (χ0v) is 14.4. The molecule has 0 saturated heterocycles. The van der Waals surface area contributed by atoms with E-state index in [4.69, 9.17) is 4.74 Å². The summed E-state index contributed by atoms with van der Waals surface area (Å²) < 4.78 is 43.9. The third kappa shape index (κ3) is 5.57. The molecule has 1 heterocycles. The van der Waals surface area contributed by atoms with Gasteiger partial charge in [0.05, 0.1) is 5.56 Å². The molecular weight excluding hydrogens is 361 g/mol. The molecule has 0 aliphatic heterocycles. The molecule has 9 heteroatoms. The van der Waals surface area contributed by atoms with Crippen molar-refractivity contribution in [3.8, 4) is 6.01 Å². The minimum atomic E-state index is -4.45. The van der Waals surface area contributed by atoms with E-state index in [1.54, 1.807) is 18.5 Å². The van der Waals surface area contributed by atoms with Crippen molar-refractivity contribution in [2.75, 3.05) is 5.32 Å². The largest absolute Gasteiger partial charge is 0.460 e. The third-order valence-corrected chi connectivity index (χ3v) is 4.27. The van der Waals surface area contributed by atoms with Crippen LogP contribution in [-0.4, -0.2) is 28.1 Å². The normalized spacial score (nSPS) is 20.0. The Kier molecular flexibility index (Phi) is 5.78. The zero-order valence-electron chi connectivity index (χ0n) is 14.4. The van der Waals surface area contributed by atoms with E-state index in [1.807, 2.05) is 0 Å². The molecule has 1 aliphatic rings. The fourth-order valence-electron chi connectivity index (χ4n) is 2.95. The van der Waals surface area contributed by atoms with Gasteiger partial charge in [0.1, 0.15) is 6.10 Å². The smallest absolute Gasteiger partial charge is 0.416 e. The number of urea groups is 1. The van der Waals surface area contributed by atoms with Gasteiger partial charge in [0.2, 0.25) is 0 Å². The maximum Gasteiger partial charge on any atom is 0.416 e. The number of hydrogen-bond donors (Lipinski definition) is 2. The summed E-state index contributed by atoms with van der Waals surface area (Å²) in [5.41, 5.74) is -0.707. The monoisotopic (exact) mass is 380 g/mol. The van der Waals surface area contributed by atoms with E-state index in [0.29, 0.717) is 18.9 Å². The van der Waals surface area contributed by atoms with Crippen molar-refractivity contribution in [3.05, 3.63) is 48.3 Å². The Bertz CT molecular complexity index is 763. The minimum Gasteiger partial charge on any atom is -0.460 e. The van der Waals surface area contributed by atoms with Crippen LogP contribution in [0.4, 0.5) is 23.7 Å². The molecule has 0 atom stereocenters. The van der Waals surface area contributed by atoms with E-state index in [-0.39, 0.29) is 17.8 Å². The molecule has 2 N–H and O–H groups in total. The number of amides is 2. The molecule has 0 spiro atoms. The van der Waals surface area contributed by atoms with Gasteiger partial charge >= 0.3 is 18.2 Å². The molecule has 1 saturated carbocycles. The van der Waals surface area contributed by atoms with Gasteiger partial charge in [0.15, 0.2) is 0 Å². The highest BCUT2D eigenvalue weighted by Crippen LogP contribution is 2.30. The quantitative estimate of drug-likeness (QED) is 0.840. The summed E-state index contributed by atoms with van der Waals surface area (Å²) in [6.45, 7) is 0. The lowest BCUT2D eigenvalue weighted by molar-refractivity contribution is -0.137. The van der Waals surface area contributed by atoms with Crippen molar-refractivity contribution in [3.63, 3.8) is 0 Å². The van der Waals surface area contributed by atoms with Crippen LogP contribution in [0.2, 0.25) is 0 Å². The van der Waals surface area contributed by atoms with Crippen molar-refractivity contribution in [1.82, 2.24) is 15.3 Å². The van der Waals surface area contributed by atoms with Crippen molar-refractivity contribution < 1.29 is 22.7 Å². The summed E-state index contributed by atoms with van der Waals surface area (Å²) in [6, 6.07) is 5.99. The first-order chi connectivity index (χ1) is 12.9. The lowest BCUT2D eigenvalue weighted by Gasteiger charge is -2.28. The number of halogens is 3. The van der Waals surface area contributed by atoms with Crippen LogP contribution in [0, 0.1) is 0 Å². The number of aromatic nitrogens is 2. The zero-order chi connectivity index (χ0) is 19.3. The van der Waals surface area contributed by atoms with Gasteiger partial charge in [-0.2, -0.15) is 13.2 Å². The summed E-state index contributed by atoms with van der Waals surface area (Å²) in [5, 5.41) is 5.24. The third-order valence-electron chi connectivity index (χ3n) is 4.27. The van der Waals surface area contributed by atoms with Crippen LogP contribution >= 0.6 is 0 Å². The van der Waals surface area contributed by atoms with E-state index in [9.17, 15) is 18.0 Å². The number of benzene rings is 1. The van der Waals surface area contributed by atoms with E-state index >= 15 is 0 Å². The molecule has 1 fully saturated rings. The Hall–Kier alpha value is -2.84. The molecule has 3 rings (SSSR count). The first-order valence-electron chi connectivity index (χ1n) is 8.58. The molecule has 0 radical (unpaired) electrons. The number of carbonyl (C=O) groups is 1. The lowest BCUT2D eigenvalue weighted by atomic mass is 9.93. The van der Waals surface area contributed by atoms with Gasteiger partial charge < -0.3 is 15.4 Å². The molecule has 0 bridgehead atoms. The highest BCUT2D eigenvalue weighted by atomic mass is 19.4. The maximum absolute atomic E-state index is 12.7. The molecule has 6 nitrogen and oxygen atoms in total. The first kappa shape index (κ1) is 18.9. The molecule has 27 heavy (non-hydrogen) atoms. The number of hydrogen-bond acceptors (Lipinski definition) is 4. The Morgan fingerprint density at radius 3 is 2.44 bits per heavy atom. The average molecular weight is 380 g/mol. The van der Waals surface area contributed by atoms with Crippen LogP contribution < -0.4 is 15.4 Å². The number of carbonyl (C=O) groups excluding carboxylic acids is 1. The Balaban J connectivity index is 1.46. The summed E-state index contributed by atoms with van der Waals surface area (Å²) >= 11 is 0. The average Bonchev–Trinajstić information content (AvgIpc) is 2.64. The van der Waals surface area contributed by atoms with Crippen LogP contribution in [0.25, 0.3) is 0 Å². The maximum atomic E-state index is 12.7. The van der Waals surface area contributed by atoms with Crippen molar-refractivity contribution >= 4 is 11.7 Å². The van der Waals surface area contributed by atoms with E-state index < -0.39 is 17.8 Å². The molecule has 1 aromatic heterocycles. The fraction of sp³-hybridized carbons (Fsp3) is 0.389. The van der Waals surface area contributed by atoms with Gasteiger partial charge in [-0.1, -0.05) is 6.07 Å². The molecule has 144 valence electrons. The van der Waals surface area contributed by atoms with Crippen LogP contribution in [0.5, 0.6) is 6.01 Å². The van der Waals surface area contributed by atoms with Crippen LogP contribution in [-0.2, 0) is 6.18 Å².